The van der Waals surface area contributed by atoms with Crippen molar-refractivity contribution in [2.45, 2.75) is 58.1 Å². The fraction of sp³-hybridized carbons (Fsp3) is 0.393. The van der Waals surface area contributed by atoms with Crippen molar-refractivity contribution in [2.75, 3.05) is 6.54 Å². The quantitative estimate of drug-likeness (QED) is 0.476. The van der Waals surface area contributed by atoms with Gasteiger partial charge in [-0.2, -0.15) is 5.10 Å². The molecule has 3 heterocycles. The topological polar surface area (TPSA) is 102 Å². The third kappa shape index (κ3) is 4.92. The first kappa shape index (κ1) is 24.2. The zero-order valence-corrected chi connectivity index (χ0v) is 20.7. The molecule has 2 aliphatic heterocycles. The van der Waals surface area contributed by atoms with E-state index >= 15 is 0 Å². The molecule has 0 unspecified atom stereocenters. The second-order valence-electron chi connectivity index (χ2n) is 10.1. The van der Waals surface area contributed by atoms with Crippen LogP contribution >= 0.6 is 0 Å². The minimum Gasteiger partial charge on any atom is -0.391 e. The highest BCUT2D eigenvalue weighted by molar-refractivity contribution is 5.90. The molecule has 0 saturated carbocycles. The van der Waals surface area contributed by atoms with Crippen molar-refractivity contribution in [1.29, 1.82) is 0 Å². The van der Waals surface area contributed by atoms with E-state index in [4.69, 9.17) is 0 Å². The summed E-state index contributed by atoms with van der Waals surface area (Å²) in [5, 5.41) is 20.3. The highest BCUT2D eigenvalue weighted by Crippen LogP contribution is 2.30. The van der Waals surface area contributed by atoms with E-state index in [1.165, 1.54) is 11.1 Å². The summed E-state index contributed by atoms with van der Waals surface area (Å²) < 4.78 is 0. The number of amides is 2. The van der Waals surface area contributed by atoms with E-state index in [-0.39, 0.29) is 36.7 Å². The molecule has 1 aromatic heterocycles. The van der Waals surface area contributed by atoms with Gasteiger partial charge in [-0.15, -0.1) is 0 Å². The Labute approximate surface area is 211 Å². The predicted molar refractivity (Wildman–Crippen MR) is 136 cm³/mol. The van der Waals surface area contributed by atoms with Gasteiger partial charge >= 0.3 is 0 Å². The summed E-state index contributed by atoms with van der Waals surface area (Å²) in [7, 11) is 0. The number of nitrogens with one attached hydrogen (secondary N) is 2. The monoisotopic (exact) mass is 487 g/mol. The average Bonchev–Trinajstić information content (AvgIpc) is 3.62. The van der Waals surface area contributed by atoms with Gasteiger partial charge in [0.15, 0.2) is 0 Å². The number of carbonyl (C=O) groups excluding carboxylic acids is 2. The molecular formula is C28H33N5O3. The van der Waals surface area contributed by atoms with Crippen molar-refractivity contribution < 1.29 is 14.7 Å². The summed E-state index contributed by atoms with van der Waals surface area (Å²) in [6.07, 6.45) is 1.25. The number of hydrogen-bond donors (Lipinski definition) is 3. The average molecular weight is 488 g/mol. The second kappa shape index (κ2) is 10.2. The van der Waals surface area contributed by atoms with E-state index in [9.17, 15) is 14.7 Å². The van der Waals surface area contributed by atoms with Gasteiger partial charge in [0.25, 0.3) is 0 Å². The lowest BCUT2D eigenvalue weighted by Crippen LogP contribution is -2.54. The number of nitrogens with zero attached hydrogens (tertiary/aromatic N) is 3. The zero-order valence-electron chi connectivity index (χ0n) is 20.7. The van der Waals surface area contributed by atoms with Gasteiger partial charge in [0.2, 0.25) is 11.8 Å². The van der Waals surface area contributed by atoms with Crippen LogP contribution < -0.4 is 5.32 Å². The lowest BCUT2D eigenvalue weighted by molar-refractivity contribution is -0.144. The zero-order chi connectivity index (χ0) is 25.2. The normalized spacial score (nSPS) is 20.5. The molecule has 5 rings (SSSR count). The van der Waals surface area contributed by atoms with E-state index in [1.54, 1.807) is 11.1 Å². The number of rotatable bonds is 7. The van der Waals surface area contributed by atoms with Crippen LogP contribution in [0.5, 0.6) is 0 Å². The summed E-state index contributed by atoms with van der Waals surface area (Å²) in [6, 6.07) is 17.0. The summed E-state index contributed by atoms with van der Waals surface area (Å²) in [5.41, 5.74) is 5.39. The molecular weight excluding hydrogens is 454 g/mol. The molecule has 0 bridgehead atoms. The number of β-amino-alcohol motifs (C(OH)–C–C–N with tert-alkyl or cyclic N) is 1. The number of aromatic nitrogens is 2. The standard InChI is InChI=1S/C28H33N5O3/c1-18(2)26(32-15-21-5-3-4-6-22(21)16-32)28(36)33-17-23(34)13-25(33)27(35)29-14-19-7-9-20(10-8-19)24-11-12-30-31-24/h3-12,18,23,25-26,34H,13-17H2,1-2H3,(H,29,35)(H,30,31)/t23-,25+,26+/m1/s1. The maximum Gasteiger partial charge on any atom is 0.243 e. The van der Waals surface area contributed by atoms with Gasteiger partial charge in [-0.1, -0.05) is 62.4 Å². The molecule has 3 N–H and O–H groups in total. The van der Waals surface area contributed by atoms with Gasteiger partial charge < -0.3 is 15.3 Å². The highest BCUT2D eigenvalue weighted by atomic mass is 16.3. The fourth-order valence-electron chi connectivity index (χ4n) is 5.42. The van der Waals surface area contributed by atoms with Gasteiger partial charge in [-0.25, -0.2) is 0 Å². The molecule has 3 aromatic rings. The Bertz CT molecular complexity index is 1180. The molecule has 1 saturated heterocycles. The number of aliphatic hydroxyl groups excluding tert-OH is 1. The van der Waals surface area contributed by atoms with Gasteiger partial charge in [0.1, 0.15) is 6.04 Å². The van der Waals surface area contributed by atoms with Gasteiger partial charge in [-0.05, 0) is 34.2 Å². The van der Waals surface area contributed by atoms with Crippen molar-refractivity contribution in [2.24, 2.45) is 5.92 Å². The lowest BCUT2D eigenvalue weighted by Gasteiger charge is -2.35. The van der Waals surface area contributed by atoms with Crippen LogP contribution in [0, 0.1) is 5.92 Å². The summed E-state index contributed by atoms with van der Waals surface area (Å²) in [6.45, 7) is 6.05. The predicted octanol–water partition coefficient (Wildman–Crippen LogP) is 2.70. The Morgan fingerprint density at radius 1 is 1.08 bits per heavy atom. The molecule has 0 spiro atoms. The summed E-state index contributed by atoms with van der Waals surface area (Å²) in [5.74, 6) is -0.246. The van der Waals surface area contributed by atoms with E-state index in [0.29, 0.717) is 19.6 Å². The number of H-pyrrole nitrogens is 1. The Balaban J connectivity index is 1.25. The Morgan fingerprint density at radius 2 is 1.78 bits per heavy atom. The number of carbonyl (C=O) groups is 2. The molecule has 3 atom stereocenters. The first-order chi connectivity index (χ1) is 17.4. The van der Waals surface area contributed by atoms with E-state index in [2.05, 4.69) is 32.5 Å². The Morgan fingerprint density at radius 3 is 2.39 bits per heavy atom. The maximum atomic E-state index is 13.8. The van der Waals surface area contributed by atoms with E-state index in [1.807, 2.05) is 56.3 Å². The lowest BCUT2D eigenvalue weighted by atomic mass is 10.0. The van der Waals surface area contributed by atoms with Gasteiger partial charge in [-0.3, -0.25) is 19.6 Å². The van der Waals surface area contributed by atoms with Crippen LogP contribution in [0.15, 0.2) is 60.8 Å². The number of aromatic amines is 1. The molecule has 0 aliphatic carbocycles. The van der Waals surface area contributed by atoms with Crippen molar-refractivity contribution >= 4 is 11.8 Å². The molecule has 2 aliphatic rings. The van der Waals surface area contributed by atoms with Gasteiger partial charge in [0, 0.05) is 38.8 Å². The summed E-state index contributed by atoms with van der Waals surface area (Å²) >= 11 is 0. The van der Waals surface area contributed by atoms with E-state index in [0.717, 1.165) is 16.8 Å². The van der Waals surface area contributed by atoms with Crippen molar-refractivity contribution in [3.8, 4) is 11.3 Å². The van der Waals surface area contributed by atoms with Crippen LogP contribution in [0.2, 0.25) is 0 Å². The second-order valence-corrected chi connectivity index (χ2v) is 10.1. The van der Waals surface area contributed by atoms with Crippen molar-refractivity contribution in [1.82, 2.24) is 25.3 Å². The SMILES string of the molecule is CC(C)[C@@H](C(=O)N1C[C@H](O)C[C@H]1C(=O)NCc1ccc(-c2ccn[nH]2)cc1)N1Cc2ccccc2C1. The molecule has 8 nitrogen and oxygen atoms in total. The van der Waals surface area contributed by atoms with Crippen LogP contribution in [0.4, 0.5) is 0 Å². The Kier molecular flexibility index (Phi) is 6.89. The number of likely N-dealkylation sites (tertiary alicyclic amines) is 1. The summed E-state index contributed by atoms with van der Waals surface area (Å²) in [4.78, 5) is 30.8. The van der Waals surface area contributed by atoms with Crippen molar-refractivity contribution in [3.63, 3.8) is 0 Å². The first-order valence-corrected chi connectivity index (χ1v) is 12.6. The van der Waals surface area contributed by atoms with E-state index < -0.39 is 12.1 Å². The minimum absolute atomic E-state index is 0.0710. The molecule has 1 fully saturated rings. The molecule has 36 heavy (non-hydrogen) atoms. The molecule has 2 aromatic carbocycles. The third-order valence-corrected chi connectivity index (χ3v) is 7.24. The maximum absolute atomic E-state index is 13.8. The van der Waals surface area contributed by atoms with Gasteiger partial charge in [0.05, 0.1) is 17.8 Å². The number of aliphatic hydroxyl groups is 1. The largest absolute Gasteiger partial charge is 0.391 e. The number of benzene rings is 2. The third-order valence-electron chi connectivity index (χ3n) is 7.24. The van der Waals surface area contributed by atoms with Crippen LogP contribution in [0.1, 0.15) is 37.0 Å². The molecule has 0 radical (unpaired) electrons. The Hall–Kier alpha value is -3.49. The van der Waals surface area contributed by atoms with Crippen molar-refractivity contribution in [3.05, 3.63) is 77.5 Å². The fourth-order valence-corrected chi connectivity index (χ4v) is 5.42. The van der Waals surface area contributed by atoms with Crippen LogP contribution in [0.25, 0.3) is 11.3 Å². The first-order valence-electron chi connectivity index (χ1n) is 12.6. The smallest absolute Gasteiger partial charge is 0.243 e. The highest BCUT2D eigenvalue weighted by Gasteiger charge is 2.44. The van der Waals surface area contributed by atoms with Crippen LogP contribution in [0.3, 0.4) is 0 Å². The number of fused-ring (bicyclic) bond motifs is 1. The minimum atomic E-state index is -0.707. The molecule has 8 heteroatoms. The molecule has 188 valence electrons. The van der Waals surface area contributed by atoms with Crippen LogP contribution in [-0.2, 0) is 29.2 Å². The van der Waals surface area contributed by atoms with Crippen LogP contribution in [-0.4, -0.2) is 61.7 Å². The molecule has 2 amide bonds. The number of hydrogen-bond acceptors (Lipinski definition) is 5.